The van der Waals surface area contributed by atoms with E-state index in [1.165, 1.54) is 23.7 Å². The van der Waals surface area contributed by atoms with Crippen LogP contribution >= 0.6 is 0 Å². The van der Waals surface area contributed by atoms with Gasteiger partial charge in [-0.25, -0.2) is 14.0 Å². The van der Waals surface area contributed by atoms with E-state index in [2.05, 4.69) is 15.6 Å². The van der Waals surface area contributed by atoms with E-state index in [1.54, 1.807) is 28.6 Å². The summed E-state index contributed by atoms with van der Waals surface area (Å²) in [6, 6.07) is 5.78. The molecule has 32 heavy (non-hydrogen) atoms. The standard InChI is InChI=1S/C21H28FN7O3/c1-5-28(6-2)20(31)24-12-11-23-19-25-17-16(18(30)27(4)21(32)26(17)3)29(19)13-14-7-9-15(22)10-8-14/h7-10H,5-6,11-13H2,1-4H3,(H,23,25)(H,24,31). The van der Waals surface area contributed by atoms with Crippen molar-refractivity contribution in [3.05, 3.63) is 56.5 Å². The summed E-state index contributed by atoms with van der Waals surface area (Å²) in [6.07, 6.45) is 0. The second-order valence-electron chi connectivity index (χ2n) is 7.36. The summed E-state index contributed by atoms with van der Waals surface area (Å²) < 4.78 is 17.3. The van der Waals surface area contributed by atoms with Gasteiger partial charge >= 0.3 is 11.7 Å². The molecule has 3 rings (SSSR count). The predicted octanol–water partition coefficient (Wildman–Crippen LogP) is 1.08. The van der Waals surface area contributed by atoms with Crippen LogP contribution in [-0.2, 0) is 20.6 Å². The van der Waals surface area contributed by atoms with Crippen molar-refractivity contribution in [2.45, 2.75) is 20.4 Å². The lowest BCUT2D eigenvalue weighted by molar-refractivity contribution is 0.203. The van der Waals surface area contributed by atoms with E-state index in [0.29, 0.717) is 32.1 Å². The van der Waals surface area contributed by atoms with E-state index in [9.17, 15) is 18.8 Å². The Balaban J connectivity index is 1.92. The first-order valence-electron chi connectivity index (χ1n) is 10.5. The van der Waals surface area contributed by atoms with Crippen molar-refractivity contribution in [3.63, 3.8) is 0 Å². The molecule has 2 amide bonds. The highest BCUT2D eigenvalue weighted by Gasteiger charge is 2.19. The summed E-state index contributed by atoms with van der Waals surface area (Å²) in [5, 5.41) is 5.97. The first-order chi connectivity index (χ1) is 15.3. The molecule has 172 valence electrons. The van der Waals surface area contributed by atoms with Gasteiger partial charge in [0.1, 0.15) is 5.82 Å². The molecule has 10 nitrogen and oxygen atoms in total. The van der Waals surface area contributed by atoms with Crippen LogP contribution in [0.1, 0.15) is 19.4 Å². The van der Waals surface area contributed by atoms with E-state index in [0.717, 1.165) is 10.1 Å². The van der Waals surface area contributed by atoms with E-state index in [4.69, 9.17) is 0 Å². The molecule has 0 atom stereocenters. The normalized spacial score (nSPS) is 11.0. The van der Waals surface area contributed by atoms with Gasteiger partial charge in [0.25, 0.3) is 5.56 Å². The number of benzene rings is 1. The van der Waals surface area contributed by atoms with Gasteiger partial charge in [0.05, 0.1) is 6.54 Å². The van der Waals surface area contributed by atoms with Crippen molar-refractivity contribution in [3.8, 4) is 0 Å². The maximum absolute atomic E-state index is 13.3. The van der Waals surface area contributed by atoms with Crippen LogP contribution in [0.5, 0.6) is 0 Å². The molecule has 11 heteroatoms. The molecule has 0 aliphatic heterocycles. The zero-order chi connectivity index (χ0) is 23.4. The van der Waals surface area contributed by atoms with Crippen LogP contribution in [0.25, 0.3) is 11.2 Å². The molecule has 0 spiro atoms. The lowest BCUT2D eigenvalue weighted by Crippen LogP contribution is -2.41. The highest BCUT2D eigenvalue weighted by molar-refractivity contribution is 5.75. The largest absolute Gasteiger partial charge is 0.354 e. The van der Waals surface area contributed by atoms with Gasteiger partial charge < -0.3 is 15.5 Å². The van der Waals surface area contributed by atoms with E-state index >= 15 is 0 Å². The first kappa shape index (κ1) is 23.0. The molecule has 3 aromatic rings. The maximum atomic E-state index is 13.3. The van der Waals surface area contributed by atoms with Gasteiger partial charge in [0, 0.05) is 40.3 Å². The minimum atomic E-state index is -0.480. The second-order valence-corrected chi connectivity index (χ2v) is 7.36. The molecule has 0 radical (unpaired) electrons. The second kappa shape index (κ2) is 9.67. The summed E-state index contributed by atoms with van der Waals surface area (Å²) >= 11 is 0. The Morgan fingerprint density at radius 3 is 2.34 bits per heavy atom. The van der Waals surface area contributed by atoms with Crippen molar-refractivity contribution >= 4 is 23.1 Å². The molecule has 0 bridgehead atoms. The van der Waals surface area contributed by atoms with Crippen LogP contribution in [0, 0.1) is 5.82 Å². The molecule has 1 aromatic carbocycles. The van der Waals surface area contributed by atoms with Crippen LogP contribution in [0.15, 0.2) is 33.9 Å². The highest BCUT2D eigenvalue weighted by atomic mass is 19.1. The van der Waals surface area contributed by atoms with Gasteiger partial charge in [-0.2, -0.15) is 4.98 Å². The minimum Gasteiger partial charge on any atom is -0.354 e. The van der Waals surface area contributed by atoms with Gasteiger partial charge in [-0.05, 0) is 31.5 Å². The molecular formula is C21H28FN7O3. The number of amides is 2. The van der Waals surface area contributed by atoms with Gasteiger partial charge in [0.15, 0.2) is 11.2 Å². The highest BCUT2D eigenvalue weighted by Crippen LogP contribution is 2.18. The molecule has 2 aromatic heterocycles. The molecule has 0 fully saturated rings. The van der Waals surface area contributed by atoms with Crippen molar-refractivity contribution < 1.29 is 9.18 Å². The van der Waals surface area contributed by atoms with Gasteiger partial charge in [-0.1, -0.05) is 12.1 Å². The Morgan fingerprint density at radius 1 is 1.06 bits per heavy atom. The molecule has 0 saturated carbocycles. The third kappa shape index (κ3) is 4.51. The molecule has 0 saturated heterocycles. The number of carbonyl (C=O) groups is 1. The van der Waals surface area contributed by atoms with Crippen molar-refractivity contribution in [2.75, 3.05) is 31.5 Å². The van der Waals surface area contributed by atoms with Crippen molar-refractivity contribution in [1.29, 1.82) is 0 Å². The van der Waals surface area contributed by atoms with E-state index in [1.807, 2.05) is 13.8 Å². The van der Waals surface area contributed by atoms with Crippen molar-refractivity contribution in [1.82, 2.24) is 28.9 Å². The van der Waals surface area contributed by atoms with Gasteiger partial charge in [-0.15, -0.1) is 0 Å². The third-order valence-electron chi connectivity index (χ3n) is 5.34. The fourth-order valence-corrected chi connectivity index (χ4v) is 3.47. The quantitative estimate of drug-likeness (QED) is 0.505. The van der Waals surface area contributed by atoms with E-state index in [-0.39, 0.29) is 29.6 Å². The summed E-state index contributed by atoms with van der Waals surface area (Å²) in [5.74, 6) is 0.0181. The smallest absolute Gasteiger partial charge is 0.332 e. The number of carbonyl (C=O) groups excluding carboxylic acids is 1. The number of halogens is 1. The summed E-state index contributed by atoms with van der Waals surface area (Å²) in [5.41, 5.74) is 0.315. The average Bonchev–Trinajstić information content (AvgIpc) is 3.14. The fourth-order valence-electron chi connectivity index (χ4n) is 3.47. The SMILES string of the molecule is CCN(CC)C(=O)NCCNc1nc2c(c(=O)n(C)c(=O)n2C)n1Cc1ccc(F)cc1. The third-order valence-corrected chi connectivity index (χ3v) is 5.34. The molecule has 0 unspecified atom stereocenters. The Labute approximate surface area is 184 Å². The molecule has 0 aliphatic carbocycles. The number of hydrogen-bond donors (Lipinski definition) is 2. The number of hydrogen-bond acceptors (Lipinski definition) is 5. The summed E-state index contributed by atoms with van der Waals surface area (Å²) in [4.78, 5) is 43.5. The van der Waals surface area contributed by atoms with Crippen LogP contribution in [0.4, 0.5) is 15.1 Å². The first-order valence-corrected chi connectivity index (χ1v) is 10.5. The monoisotopic (exact) mass is 445 g/mol. The van der Waals surface area contributed by atoms with Crippen molar-refractivity contribution in [2.24, 2.45) is 14.1 Å². The van der Waals surface area contributed by atoms with Crippen LogP contribution < -0.4 is 21.9 Å². The average molecular weight is 445 g/mol. The summed E-state index contributed by atoms with van der Waals surface area (Å²) in [7, 11) is 2.96. The Bertz CT molecular complexity index is 1220. The maximum Gasteiger partial charge on any atom is 0.332 e. The van der Waals surface area contributed by atoms with Crippen LogP contribution in [0.3, 0.4) is 0 Å². The topological polar surface area (TPSA) is 106 Å². The Kier molecular flexibility index (Phi) is 6.96. The summed E-state index contributed by atoms with van der Waals surface area (Å²) in [6.45, 7) is 5.98. The number of urea groups is 1. The number of anilines is 1. The number of aromatic nitrogens is 4. The lowest BCUT2D eigenvalue weighted by atomic mass is 10.2. The zero-order valence-corrected chi connectivity index (χ0v) is 18.7. The van der Waals surface area contributed by atoms with Gasteiger partial charge in [0.2, 0.25) is 5.95 Å². The van der Waals surface area contributed by atoms with Gasteiger partial charge in [-0.3, -0.25) is 18.5 Å². The number of imidazole rings is 1. The lowest BCUT2D eigenvalue weighted by Gasteiger charge is -2.19. The van der Waals surface area contributed by atoms with Crippen LogP contribution in [0.2, 0.25) is 0 Å². The number of rotatable bonds is 8. The zero-order valence-electron chi connectivity index (χ0n) is 18.7. The molecule has 2 N–H and O–H groups in total. The fraction of sp³-hybridized carbons (Fsp3) is 0.429. The Morgan fingerprint density at radius 2 is 1.72 bits per heavy atom. The minimum absolute atomic E-state index is 0.159. The van der Waals surface area contributed by atoms with E-state index < -0.39 is 11.2 Å². The molecule has 0 aliphatic rings. The number of nitrogens with zero attached hydrogens (tertiary/aromatic N) is 5. The van der Waals surface area contributed by atoms with Crippen LogP contribution in [-0.4, -0.2) is 55.8 Å². The number of fused-ring (bicyclic) bond motifs is 1. The molecular weight excluding hydrogens is 417 g/mol. The number of aryl methyl sites for hydroxylation is 1. The predicted molar refractivity (Wildman–Crippen MR) is 121 cm³/mol. The molecule has 2 heterocycles. The Hall–Kier alpha value is -3.63. The number of nitrogens with one attached hydrogen (secondary N) is 2.